The van der Waals surface area contributed by atoms with Crippen LogP contribution in [-0.4, -0.2) is 35.7 Å². The summed E-state index contributed by atoms with van der Waals surface area (Å²) in [5.41, 5.74) is 4.78. The highest BCUT2D eigenvalue weighted by Gasteiger charge is 2.14. The predicted octanol–water partition coefficient (Wildman–Crippen LogP) is 3.78. The summed E-state index contributed by atoms with van der Waals surface area (Å²) in [5, 5.41) is 14.5. The molecule has 2 aromatic heterocycles. The van der Waals surface area contributed by atoms with Crippen molar-refractivity contribution in [2.45, 2.75) is 6.92 Å². The molecule has 1 amide bonds. The van der Waals surface area contributed by atoms with Gasteiger partial charge in [0.1, 0.15) is 5.82 Å². The second-order valence-electron chi connectivity index (χ2n) is 7.19. The molecule has 0 saturated carbocycles. The van der Waals surface area contributed by atoms with Crippen molar-refractivity contribution < 1.29 is 4.79 Å². The minimum Gasteiger partial charge on any atom is -0.322 e. The van der Waals surface area contributed by atoms with Gasteiger partial charge in [0, 0.05) is 29.5 Å². The Morgan fingerprint density at radius 1 is 0.968 bits per heavy atom. The molecule has 3 aromatic carbocycles. The van der Waals surface area contributed by atoms with Crippen molar-refractivity contribution in [3.8, 4) is 17.1 Å². The molecule has 5 rings (SSSR count). The van der Waals surface area contributed by atoms with Crippen LogP contribution in [0.4, 0.5) is 5.69 Å². The van der Waals surface area contributed by atoms with Gasteiger partial charge in [0.05, 0.1) is 11.0 Å². The molecular formula is C23H19N7O. The topological polar surface area (TPSA) is 90.5 Å². The number of aryl methyl sites for hydroxylation is 2. The molecule has 0 aliphatic heterocycles. The minimum atomic E-state index is -0.206. The highest BCUT2D eigenvalue weighted by molar-refractivity contribution is 6.06. The lowest BCUT2D eigenvalue weighted by Gasteiger charge is -2.08. The first-order valence-electron chi connectivity index (χ1n) is 9.79. The molecule has 0 bridgehead atoms. The largest absolute Gasteiger partial charge is 0.322 e. The molecule has 0 spiro atoms. The number of imidazole rings is 1. The first kappa shape index (κ1) is 18.7. The van der Waals surface area contributed by atoms with E-state index >= 15 is 0 Å². The van der Waals surface area contributed by atoms with Crippen molar-refractivity contribution in [1.82, 2.24) is 29.8 Å². The van der Waals surface area contributed by atoms with E-state index in [4.69, 9.17) is 0 Å². The minimum absolute atomic E-state index is 0.206. The average Bonchev–Trinajstić information content (AvgIpc) is 3.36. The Hall–Kier alpha value is -4.33. The van der Waals surface area contributed by atoms with Crippen LogP contribution in [0.1, 0.15) is 16.2 Å². The van der Waals surface area contributed by atoms with E-state index in [1.54, 1.807) is 11.7 Å². The summed E-state index contributed by atoms with van der Waals surface area (Å²) in [6.07, 6.45) is 0. The van der Waals surface area contributed by atoms with Gasteiger partial charge in [0.15, 0.2) is 5.82 Å². The Bertz CT molecular complexity index is 1400. The number of fused-ring (bicyclic) bond motifs is 1. The molecule has 31 heavy (non-hydrogen) atoms. The Balaban J connectivity index is 1.44. The number of carbonyl (C=O) groups excluding carboxylic acids is 1. The molecule has 0 atom stereocenters. The zero-order chi connectivity index (χ0) is 21.4. The summed E-state index contributed by atoms with van der Waals surface area (Å²) >= 11 is 0. The third-order valence-electron chi connectivity index (χ3n) is 5.10. The fraction of sp³-hybridized carbons (Fsp3) is 0.0870. The lowest BCUT2D eigenvalue weighted by Crippen LogP contribution is -2.12. The van der Waals surface area contributed by atoms with Crippen LogP contribution in [0.15, 0.2) is 72.8 Å². The molecule has 0 fully saturated rings. The average molecular weight is 409 g/mol. The molecule has 2 heterocycles. The van der Waals surface area contributed by atoms with Crippen molar-refractivity contribution in [3.63, 3.8) is 0 Å². The fourth-order valence-electron chi connectivity index (χ4n) is 3.66. The van der Waals surface area contributed by atoms with E-state index < -0.39 is 0 Å². The first-order chi connectivity index (χ1) is 15.1. The van der Waals surface area contributed by atoms with Gasteiger partial charge < -0.3 is 5.32 Å². The van der Waals surface area contributed by atoms with E-state index in [0.29, 0.717) is 17.1 Å². The quantitative estimate of drug-likeness (QED) is 0.488. The number of hydrogen-bond acceptors (Lipinski definition) is 5. The summed E-state index contributed by atoms with van der Waals surface area (Å²) in [6, 6.07) is 23.0. The number of carbonyl (C=O) groups is 1. The molecule has 8 nitrogen and oxygen atoms in total. The maximum absolute atomic E-state index is 12.9. The third kappa shape index (κ3) is 3.44. The molecule has 0 aliphatic carbocycles. The van der Waals surface area contributed by atoms with E-state index in [-0.39, 0.29) is 5.91 Å². The van der Waals surface area contributed by atoms with Gasteiger partial charge in [-0.25, -0.2) is 9.67 Å². The Morgan fingerprint density at radius 2 is 1.81 bits per heavy atom. The number of amides is 1. The number of hydrogen-bond donors (Lipinski definition) is 1. The lowest BCUT2D eigenvalue weighted by molar-refractivity contribution is 0.102. The normalized spacial score (nSPS) is 11.0. The highest BCUT2D eigenvalue weighted by Crippen LogP contribution is 2.24. The summed E-state index contributed by atoms with van der Waals surface area (Å²) in [6.45, 7) is 1.96. The van der Waals surface area contributed by atoms with E-state index in [0.717, 1.165) is 28.1 Å². The zero-order valence-electron chi connectivity index (χ0n) is 17.0. The van der Waals surface area contributed by atoms with Crippen LogP contribution in [0.2, 0.25) is 0 Å². The smallest absolute Gasteiger partial charge is 0.255 e. The number of rotatable bonds is 4. The Labute approximate surface area is 178 Å². The molecule has 0 aliphatic rings. The van der Waals surface area contributed by atoms with Gasteiger partial charge in [-0.2, -0.15) is 0 Å². The maximum Gasteiger partial charge on any atom is 0.255 e. The summed E-state index contributed by atoms with van der Waals surface area (Å²) in [7, 11) is 1.77. The van der Waals surface area contributed by atoms with E-state index in [1.165, 1.54) is 0 Å². The number of aromatic nitrogens is 6. The number of para-hydroxylation sites is 1. The maximum atomic E-state index is 12.9. The standard InChI is InChI=1S/C23H19N7O/c1-15-24-20-14-17(11-12-21(20)30(15)19-9-4-3-5-10-19)23(31)25-18-8-6-7-16(13-18)22-26-27-28-29(22)2/h3-14H,1-2H3,(H,25,31). The van der Waals surface area contributed by atoms with E-state index in [1.807, 2.05) is 79.7 Å². The monoisotopic (exact) mass is 409 g/mol. The van der Waals surface area contributed by atoms with Gasteiger partial charge in [0.25, 0.3) is 5.91 Å². The van der Waals surface area contributed by atoms with Crippen LogP contribution in [0, 0.1) is 6.92 Å². The highest BCUT2D eigenvalue weighted by atomic mass is 16.1. The van der Waals surface area contributed by atoms with Gasteiger partial charge in [-0.1, -0.05) is 30.3 Å². The molecule has 0 saturated heterocycles. The second kappa shape index (κ2) is 7.49. The molecule has 0 radical (unpaired) electrons. The van der Waals surface area contributed by atoms with Crippen molar-refractivity contribution in [3.05, 3.63) is 84.2 Å². The summed E-state index contributed by atoms with van der Waals surface area (Å²) in [5.74, 6) is 1.28. The van der Waals surface area contributed by atoms with Crippen molar-refractivity contribution in [1.29, 1.82) is 0 Å². The van der Waals surface area contributed by atoms with Gasteiger partial charge in [0.2, 0.25) is 0 Å². The van der Waals surface area contributed by atoms with E-state index in [2.05, 4.69) is 30.4 Å². The third-order valence-corrected chi connectivity index (χ3v) is 5.10. The number of benzene rings is 3. The van der Waals surface area contributed by atoms with Crippen LogP contribution in [0.3, 0.4) is 0 Å². The van der Waals surface area contributed by atoms with Crippen LogP contribution >= 0.6 is 0 Å². The Morgan fingerprint density at radius 3 is 2.58 bits per heavy atom. The van der Waals surface area contributed by atoms with Crippen molar-refractivity contribution >= 4 is 22.6 Å². The summed E-state index contributed by atoms with van der Waals surface area (Å²) in [4.78, 5) is 17.5. The van der Waals surface area contributed by atoms with Crippen molar-refractivity contribution in [2.75, 3.05) is 5.32 Å². The van der Waals surface area contributed by atoms with Gasteiger partial charge in [-0.15, -0.1) is 5.10 Å². The first-order valence-corrected chi connectivity index (χ1v) is 9.79. The molecule has 0 unspecified atom stereocenters. The molecule has 152 valence electrons. The van der Waals surface area contributed by atoms with E-state index in [9.17, 15) is 4.79 Å². The molecule has 8 heteroatoms. The number of anilines is 1. The van der Waals surface area contributed by atoms with Gasteiger partial charge in [-0.05, 0) is 59.8 Å². The van der Waals surface area contributed by atoms with Gasteiger partial charge in [-0.3, -0.25) is 9.36 Å². The SMILES string of the molecule is Cc1nc2cc(C(=O)Nc3cccc(-c4nnnn4C)c3)ccc2n1-c1ccccc1. The van der Waals surface area contributed by atoms with Crippen LogP contribution in [-0.2, 0) is 7.05 Å². The number of tetrazole rings is 1. The Kier molecular flexibility index (Phi) is 4.51. The van der Waals surface area contributed by atoms with Crippen LogP contribution in [0.5, 0.6) is 0 Å². The molecule has 1 N–H and O–H groups in total. The summed E-state index contributed by atoms with van der Waals surface area (Å²) < 4.78 is 3.66. The van der Waals surface area contributed by atoms with Gasteiger partial charge >= 0.3 is 0 Å². The number of nitrogens with zero attached hydrogens (tertiary/aromatic N) is 6. The molecule has 5 aromatic rings. The van der Waals surface area contributed by atoms with Crippen molar-refractivity contribution in [2.24, 2.45) is 7.05 Å². The second-order valence-corrected chi connectivity index (χ2v) is 7.19. The fourth-order valence-corrected chi connectivity index (χ4v) is 3.66. The zero-order valence-corrected chi connectivity index (χ0v) is 17.0. The number of nitrogens with one attached hydrogen (secondary N) is 1. The van der Waals surface area contributed by atoms with Crippen LogP contribution < -0.4 is 5.32 Å². The molecular weight excluding hydrogens is 390 g/mol. The predicted molar refractivity (Wildman–Crippen MR) is 118 cm³/mol. The lowest BCUT2D eigenvalue weighted by atomic mass is 10.1. The van der Waals surface area contributed by atoms with Crippen LogP contribution in [0.25, 0.3) is 28.1 Å².